The molecule has 0 aliphatic carbocycles. The van der Waals surface area contributed by atoms with E-state index < -0.39 is 41.5 Å². The summed E-state index contributed by atoms with van der Waals surface area (Å²) in [6.45, 7) is -0.0264. The summed E-state index contributed by atoms with van der Waals surface area (Å²) < 4.78 is 76.8. The summed E-state index contributed by atoms with van der Waals surface area (Å²) in [7, 11) is 0. The molecule has 208 valence electrons. The molecule has 2 aromatic carbocycles. The quantitative estimate of drug-likeness (QED) is 0.184. The van der Waals surface area contributed by atoms with Crippen LogP contribution < -0.4 is 5.32 Å². The molecule has 0 unspecified atom stereocenters. The number of amides is 1. The number of alkyl halides is 6. The lowest BCUT2D eigenvalue weighted by atomic mass is 10.0. The van der Waals surface area contributed by atoms with E-state index in [1.54, 1.807) is 24.3 Å². The van der Waals surface area contributed by atoms with E-state index in [0.29, 0.717) is 27.3 Å². The maximum Gasteiger partial charge on any atom is 0.416 e. The van der Waals surface area contributed by atoms with Gasteiger partial charge in [0.2, 0.25) is 0 Å². The Morgan fingerprint density at radius 1 is 0.923 bits per heavy atom. The molecular formula is C27H24F6N2O3S. The maximum absolute atomic E-state index is 12.8. The van der Waals surface area contributed by atoms with Crippen molar-refractivity contribution in [2.45, 2.75) is 48.2 Å². The van der Waals surface area contributed by atoms with Crippen molar-refractivity contribution >= 4 is 23.6 Å². The molecule has 1 atom stereocenters. The first-order valence-corrected chi connectivity index (χ1v) is 12.7. The van der Waals surface area contributed by atoms with Gasteiger partial charge >= 0.3 is 18.3 Å². The van der Waals surface area contributed by atoms with Gasteiger partial charge < -0.3 is 10.4 Å². The largest absolute Gasteiger partial charge is 0.481 e. The molecule has 0 aliphatic rings. The van der Waals surface area contributed by atoms with Gasteiger partial charge in [0, 0.05) is 40.4 Å². The summed E-state index contributed by atoms with van der Waals surface area (Å²) in [6, 6.07) is 14.2. The van der Waals surface area contributed by atoms with Crippen molar-refractivity contribution in [2.24, 2.45) is 0 Å². The molecule has 39 heavy (non-hydrogen) atoms. The Morgan fingerprint density at radius 3 is 2.13 bits per heavy atom. The third-order valence-corrected chi connectivity index (χ3v) is 6.95. The van der Waals surface area contributed by atoms with Crippen LogP contribution in [0.25, 0.3) is 11.3 Å². The predicted molar refractivity (Wildman–Crippen MR) is 134 cm³/mol. The molecule has 12 heteroatoms. The average Bonchev–Trinajstić information content (AvgIpc) is 2.87. The van der Waals surface area contributed by atoms with E-state index in [4.69, 9.17) is 5.11 Å². The van der Waals surface area contributed by atoms with Gasteiger partial charge in [0.1, 0.15) is 0 Å². The lowest BCUT2D eigenvalue weighted by Gasteiger charge is -2.18. The van der Waals surface area contributed by atoms with Crippen molar-refractivity contribution in [1.29, 1.82) is 0 Å². The Kier molecular flexibility index (Phi) is 10.0. The molecule has 5 nitrogen and oxygen atoms in total. The zero-order chi connectivity index (χ0) is 28.6. The highest BCUT2D eigenvalue weighted by atomic mass is 32.2. The highest BCUT2D eigenvalue weighted by Crippen LogP contribution is 2.40. The van der Waals surface area contributed by atoms with E-state index in [9.17, 15) is 35.9 Å². The van der Waals surface area contributed by atoms with Gasteiger partial charge in [-0.2, -0.15) is 26.3 Å². The summed E-state index contributed by atoms with van der Waals surface area (Å²) in [5.74, 6) is -1.49. The molecular weight excluding hydrogens is 546 g/mol. The van der Waals surface area contributed by atoms with Crippen molar-refractivity contribution in [3.05, 3.63) is 83.6 Å². The van der Waals surface area contributed by atoms with Crippen LogP contribution in [0.2, 0.25) is 0 Å². The number of thioether (sulfide) groups is 1. The first-order chi connectivity index (χ1) is 18.3. The number of carboxylic acid groups (broad SMARTS) is 1. The Bertz CT molecular complexity index is 1250. The predicted octanol–water partition coefficient (Wildman–Crippen LogP) is 7.54. The number of halogens is 6. The first kappa shape index (κ1) is 30.0. The van der Waals surface area contributed by atoms with Crippen molar-refractivity contribution in [3.8, 4) is 11.3 Å². The smallest absolute Gasteiger partial charge is 0.416 e. The van der Waals surface area contributed by atoms with Crippen molar-refractivity contribution < 1.29 is 41.0 Å². The van der Waals surface area contributed by atoms with Crippen LogP contribution in [0.15, 0.2) is 71.8 Å². The standard InChI is InChI=1S/C27H24F6N2O3S/c28-26(29,30)14-1-2-23(39-21-10-5-18(6-11-21)25(38)34-15-13-24(36)37)19-7-12-22(35-16-19)17-3-8-20(9-4-17)27(31,32)33/h3-12,16,23H,1-2,13-15H2,(H,34,38)(H,36,37)/t23-/m1/s1. The van der Waals surface area contributed by atoms with Crippen molar-refractivity contribution in [2.75, 3.05) is 6.54 Å². The van der Waals surface area contributed by atoms with Gasteiger partial charge in [-0.25, -0.2) is 0 Å². The van der Waals surface area contributed by atoms with E-state index in [1.807, 2.05) is 0 Å². The third-order valence-electron chi connectivity index (χ3n) is 5.61. The number of hydrogen-bond donors (Lipinski definition) is 2. The molecule has 0 aliphatic heterocycles. The number of pyridine rings is 1. The molecule has 2 N–H and O–H groups in total. The molecule has 1 heterocycles. The van der Waals surface area contributed by atoms with E-state index in [0.717, 1.165) is 12.1 Å². The first-order valence-electron chi connectivity index (χ1n) is 11.8. The summed E-state index contributed by atoms with van der Waals surface area (Å²) in [6.07, 6.45) is -8.35. The fourth-order valence-electron chi connectivity index (χ4n) is 3.61. The number of carboxylic acids is 1. The SMILES string of the molecule is O=C(O)CCNC(=O)c1ccc(S[C@H](CCCC(F)(F)F)c2ccc(-c3ccc(C(F)(F)F)cc3)nc2)cc1. The number of benzene rings is 2. The molecule has 3 aromatic rings. The lowest BCUT2D eigenvalue weighted by Crippen LogP contribution is -2.25. The second-order valence-electron chi connectivity index (χ2n) is 8.59. The number of aliphatic carboxylic acids is 1. The Balaban J connectivity index is 1.74. The Hall–Kier alpha value is -3.54. The van der Waals surface area contributed by atoms with Crippen LogP contribution in [0.1, 0.15) is 52.4 Å². The van der Waals surface area contributed by atoms with Crippen LogP contribution in [0.4, 0.5) is 26.3 Å². The number of rotatable bonds is 11. The molecule has 0 fully saturated rings. The van der Waals surface area contributed by atoms with Crippen LogP contribution in [0.3, 0.4) is 0 Å². The Morgan fingerprint density at radius 2 is 1.59 bits per heavy atom. The Labute approximate surface area is 224 Å². The number of hydrogen-bond acceptors (Lipinski definition) is 4. The van der Waals surface area contributed by atoms with Crippen LogP contribution in [0.5, 0.6) is 0 Å². The molecule has 0 bridgehead atoms. The van der Waals surface area contributed by atoms with Crippen LogP contribution in [-0.4, -0.2) is 34.7 Å². The molecule has 1 amide bonds. The molecule has 3 rings (SSSR count). The maximum atomic E-state index is 12.8. The van der Waals surface area contributed by atoms with Gasteiger partial charge in [-0.05, 0) is 60.9 Å². The van der Waals surface area contributed by atoms with Gasteiger partial charge in [0.05, 0.1) is 17.7 Å². The number of nitrogens with zero attached hydrogens (tertiary/aromatic N) is 1. The average molecular weight is 571 g/mol. The number of carbonyl (C=O) groups is 2. The number of nitrogens with one attached hydrogen (secondary N) is 1. The molecule has 0 saturated heterocycles. The third kappa shape index (κ3) is 9.61. The van der Waals surface area contributed by atoms with Crippen LogP contribution >= 0.6 is 11.8 Å². The van der Waals surface area contributed by atoms with Crippen molar-refractivity contribution in [3.63, 3.8) is 0 Å². The minimum absolute atomic E-state index is 0.0264. The van der Waals surface area contributed by atoms with Gasteiger partial charge in [-0.15, -0.1) is 11.8 Å². The van der Waals surface area contributed by atoms with Crippen LogP contribution in [-0.2, 0) is 11.0 Å². The van der Waals surface area contributed by atoms with E-state index >= 15 is 0 Å². The highest BCUT2D eigenvalue weighted by Gasteiger charge is 2.30. The van der Waals surface area contributed by atoms with Gasteiger partial charge in [-0.3, -0.25) is 14.6 Å². The molecule has 0 saturated carbocycles. The topological polar surface area (TPSA) is 79.3 Å². The number of carbonyl (C=O) groups excluding carboxylic acids is 1. The minimum atomic E-state index is -4.46. The fourth-order valence-corrected chi connectivity index (χ4v) is 4.79. The highest BCUT2D eigenvalue weighted by molar-refractivity contribution is 7.99. The van der Waals surface area contributed by atoms with E-state index in [1.165, 1.54) is 42.2 Å². The molecule has 0 spiro atoms. The van der Waals surface area contributed by atoms with Crippen molar-refractivity contribution in [1.82, 2.24) is 10.3 Å². The molecule has 0 radical (unpaired) electrons. The summed E-state index contributed by atoms with van der Waals surface area (Å²) >= 11 is 1.30. The van der Waals surface area contributed by atoms with Crippen LogP contribution in [0, 0.1) is 0 Å². The second kappa shape index (κ2) is 13.0. The summed E-state index contributed by atoms with van der Waals surface area (Å²) in [5, 5.41) is 10.8. The number of aromatic nitrogens is 1. The zero-order valence-electron chi connectivity index (χ0n) is 20.4. The lowest BCUT2D eigenvalue weighted by molar-refractivity contribution is -0.138. The summed E-state index contributed by atoms with van der Waals surface area (Å²) in [5.41, 5.74) is 1.06. The normalized spacial score (nSPS) is 12.7. The van der Waals surface area contributed by atoms with E-state index in [-0.39, 0.29) is 25.8 Å². The van der Waals surface area contributed by atoms with E-state index in [2.05, 4.69) is 10.3 Å². The minimum Gasteiger partial charge on any atom is -0.481 e. The second-order valence-corrected chi connectivity index (χ2v) is 9.87. The zero-order valence-corrected chi connectivity index (χ0v) is 21.2. The monoisotopic (exact) mass is 570 g/mol. The van der Waals surface area contributed by atoms with Gasteiger partial charge in [0.15, 0.2) is 0 Å². The fraction of sp³-hybridized carbons (Fsp3) is 0.296. The van der Waals surface area contributed by atoms with Gasteiger partial charge in [0.25, 0.3) is 5.91 Å². The molecule has 1 aromatic heterocycles. The van der Waals surface area contributed by atoms with Gasteiger partial charge in [-0.1, -0.05) is 18.2 Å². The summed E-state index contributed by atoms with van der Waals surface area (Å²) in [4.78, 5) is 27.8.